The van der Waals surface area contributed by atoms with Crippen molar-refractivity contribution in [1.82, 2.24) is 0 Å². The third-order valence-electron chi connectivity index (χ3n) is 4.38. The van der Waals surface area contributed by atoms with Crippen molar-refractivity contribution in [1.29, 1.82) is 0 Å². The van der Waals surface area contributed by atoms with Gasteiger partial charge in [0.25, 0.3) is 0 Å². The molecule has 1 aromatic rings. The molecule has 1 aromatic carbocycles. The van der Waals surface area contributed by atoms with Crippen LogP contribution in [-0.2, 0) is 4.79 Å². The van der Waals surface area contributed by atoms with Crippen LogP contribution in [0.25, 0.3) is 5.57 Å². The normalized spacial score (nSPS) is 17.8. The number of carbonyl (C=O) groups is 1. The van der Waals surface area contributed by atoms with Gasteiger partial charge < -0.3 is 10.2 Å². The first-order valence-electron chi connectivity index (χ1n) is 8.23. The van der Waals surface area contributed by atoms with E-state index in [1.54, 1.807) is 25.1 Å². The number of hydrogen-bond acceptors (Lipinski definition) is 3. The van der Waals surface area contributed by atoms with Crippen LogP contribution in [0.2, 0.25) is 0 Å². The molecule has 0 spiro atoms. The van der Waals surface area contributed by atoms with E-state index in [9.17, 15) is 15.0 Å². The molecule has 0 radical (unpaired) electrons. The lowest BCUT2D eigenvalue weighted by Gasteiger charge is -2.32. The molecule has 2 N–H and O–H groups in total. The van der Waals surface area contributed by atoms with E-state index in [0.29, 0.717) is 24.0 Å². The summed E-state index contributed by atoms with van der Waals surface area (Å²) in [5.74, 6) is 0.191. The molecule has 0 saturated carbocycles. The Labute approximate surface area is 138 Å². The van der Waals surface area contributed by atoms with Gasteiger partial charge in [0.1, 0.15) is 5.75 Å². The van der Waals surface area contributed by atoms with Gasteiger partial charge in [0, 0.05) is 12.0 Å². The van der Waals surface area contributed by atoms with Crippen molar-refractivity contribution >= 4 is 11.4 Å². The Morgan fingerprint density at radius 3 is 2.70 bits per heavy atom. The molecule has 1 atom stereocenters. The van der Waals surface area contributed by atoms with Crippen molar-refractivity contribution in [2.75, 3.05) is 0 Å². The molecule has 23 heavy (non-hydrogen) atoms. The molecular formula is C20H26O3. The van der Waals surface area contributed by atoms with Gasteiger partial charge in [0.15, 0.2) is 5.78 Å². The number of carbonyl (C=O) groups excluding carboxylic acids is 1. The fourth-order valence-corrected chi connectivity index (χ4v) is 3.17. The maximum atomic E-state index is 12.5. The van der Waals surface area contributed by atoms with E-state index >= 15 is 0 Å². The van der Waals surface area contributed by atoms with Crippen LogP contribution in [0, 0.1) is 0 Å². The maximum absolute atomic E-state index is 12.5. The highest BCUT2D eigenvalue weighted by molar-refractivity contribution is 6.22. The van der Waals surface area contributed by atoms with Gasteiger partial charge in [-0.15, -0.1) is 0 Å². The highest BCUT2D eigenvalue weighted by Gasteiger charge is 2.33. The van der Waals surface area contributed by atoms with Gasteiger partial charge in [-0.25, -0.2) is 0 Å². The third-order valence-corrected chi connectivity index (χ3v) is 4.38. The summed E-state index contributed by atoms with van der Waals surface area (Å²) < 4.78 is 0. The average Bonchev–Trinajstić information content (AvgIpc) is 2.46. The number of phenols is 1. The summed E-state index contributed by atoms with van der Waals surface area (Å²) in [6, 6.07) is 6.74. The second-order valence-electron chi connectivity index (χ2n) is 6.77. The summed E-state index contributed by atoms with van der Waals surface area (Å²) in [6.45, 7) is 5.87. The molecule has 0 aromatic heterocycles. The number of allylic oxidation sites excluding steroid dienone is 3. The lowest BCUT2D eigenvalue weighted by molar-refractivity contribution is -0.114. The van der Waals surface area contributed by atoms with Crippen molar-refractivity contribution in [3.8, 4) is 5.75 Å². The van der Waals surface area contributed by atoms with Gasteiger partial charge >= 0.3 is 0 Å². The fraction of sp³-hybridized carbons (Fsp3) is 0.450. The first-order valence-corrected chi connectivity index (χ1v) is 8.23. The molecule has 0 fully saturated rings. The van der Waals surface area contributed by atoms with E-state index in [1.165, 1.54) is 5.57 Å². The van der Waals surface area contributed by atoms with Crippen LogP contribution in [0.3, 0.4) is 0 Å². The molecule has 3 nitrogen and oxygen atoms in total. The van der Waals surface area contributed by atoms with Gasteiger partial charge in [-0.3, -0.25) is 4.79 Å². The van der Waals surface area contributed by atoms with Crippen LogP contribution < -0.4 is 0 Å². The van der Waals surface area contributed by atoms with Crippen LogP contribution in [0.4, 0.5) is 0 Å². The number of phenolic OH excluding ortho intramolecular Hbond substituents is 1. The molecule has 1 aliphatic rings. The smallest absolute Gasteiger partial charge is 0.163 e. The molecule has 3 heteroatoms. The molecule has 0 heterocycles. The molecular weight excluding hydrogens is 288 g/mol. The summed E-state index contributed by atoms with van der Waals surface area (Å²) in [4.78, 5) is 12.5. The van der Waals surface area contributed by atoms with Crippen molar-refractivity contribution in [2.24, 2.45) is 0 Å². The van der Waals surface area contributed by atoms with Crippen LogP contribution in [0.15, 0.2) is 41.5 Å². The van der Waals surface area contributed by atoms with Gasteiger partial charge in [-0.2, -0.15) is 0 Å². The van der Waals surface area contributed by atoms with Crippen LogP contribution >= 0.6 is 0 Å². The van der Waals surface area contributed by atoms with Crippen LogP contribution in [0.1, 0.15) is 58.4 Å². The predicted octanol–water partition coefficient (Wildman–Crippen LogP) is 4.40. The molecule has 0 bridgehead atoms. The average molecular weight is 314 g/mol. The number of benzene rings is 1. The molecule has 0 saturated heterocycles. The van der Waals surface area contributed by atoms with E-state index in [0.717, 1.165) is 24.8 Å². The maximum Gasteiger partial charge on any atom is 0.163 e. The van der Waals surface area contributed by atoms with E-state index < -0.39 is 5.60 Å². The highest BCUT2D eigenvalue weighted by atomic mass is 16.3. The zero-order valence-corrected chi connectivity index (χ0v) is 14.2. The molecule has 1 aliphatic carbocycles. The Hall–Kier alpha value is -1.87. The summed E-state index contributed by atoms with van der Waals surface area (Å²) in [5.41, 5.74) is 2.31. The number of hydrogen-bond donors (Lipinski definition) is 2. The number of aliphatic hydroxyl groups is 1. The first-order chi connectivity index (χ1) is 10.8. The Balaban J connectivity index is 2.42. The molecule has 1 unspecified atom stereocenters. The van der Waals surface area contributed by atoms with Crippen molar-refractivity contribution < 1.29 is 15.0 Å². The molecule has 0 amide bonds. The Kier molecular flexibility index (Phi) is 5.42. The largest absolute Gasteiger partial charge is 0.508 e. The minimum atomic E-state index is -1.01. The van der Waals surface area contributed by atoms with Crippen molar-refractivity contribution in [3.05, 3.63) is 47.1 Å². The zero-order chi connectivity index (χ0) is 17.0. The Morgan fingerprint density at radius 1 is 1.30 bits per heavy atom. The van der Waals surface area contributed by atoms with Crippen molar-refractivity contribution in [2.45, 2.75) is 58.5 Å². The zero-order valence-electron chi connectivity index (χ0n) is 14.2. The van der Waals surface area contributed by atoms with E-state index in [1.807, 2.05) is 19.9 Å². The standard InChI is InChI=1S/C20H26O3/c1-14(2)7-6-12-20(3,23)17-10-5-11-18(22)19(17)15-8-4-9-16(21)13-15/h4,7-9,13,21,23H,5-6,10-12H2,1-3H3. The summed E-state index contributed by atoms with van der Waals surface area (Å²) in [6.07, 6.45) is 5.46. The molecule has 0 aliphatic heterocycles. The molecule has 124 valence electrons. The number of Topliss-reactive ketones (excluding diaryl/α,β-unsaturated/α-hetero) is 1. The monoisotopic (exact) mass is 314 g/mol. The topological polar surface area (TPSA) is 57.5 Å². The van der Waals surface area contributed by atoms with E-state index in [4.69, 9.17) is 0 Å². The van der Waals surface area contributed by atoms with E-state index in [2.05, 4.69) is 6.08 Å². The molecule has 2 rings (SSSR count). The predicted molar refractivity (Wildman–Crippen MR) is 93.2 cm³/mol. The van der Waals surface area contributed by atoms with Gasteiger partial charge in [-0.05, 0) is 69.7 Å². The first kappa shape index (κ1) is 17.5. The Morgan fingerprint density at radius 2 is 2.04 bits per heavy atom. The minimum absolute atomic E-state index is 0.0549. The second kappa shape index (κ2) is 7.14. The fourth-order valence-electron chi connectivity index (χ4n) is 3.17. The van der Waals surface area contributed by atoms with Gasteiger partial charge in [0.05, 0.1) is 5.60 Å². The van der Waals surface area contributed by atoms with Gasteiger partial charge in [0.2, 0.25) is 0 Å². The third kappa shape index (κ3) is 4.32. The highest BCUT2D eigenvalue weighted by Crippen LogP contribution is 2.38. The van der Waals surface area contributed by atoms with Crippen LogP contribution in [0.5, 0.6) is 5.75 Å². The summed E-state index contributed by atoms with van der Waals surface area (Å²) in [7, 11) is 0. The van der Waals surface area contributed by atoms with Crippen molar-refractivity contribution in [3.63, 3.8) is 0 Å². The van der Waals surface area contributed by atoms with E-state index in [-0.39, 0.29) is 11.5 Å². The summed E-state index contributed by atoms with van der Waals surface area (Å²) >= 11 is 0. The quantitative estimate of drug-likeness (QED) is 0.792. The van der Waals surface area contributed by atoms with Gasteiger partial charge in [-0.1, -0.05) is 23.8 Å². The summed E-state index contributed by atoms with van der Waals surface area (Å²) in [5, 5.41) is 20.7. The SMILES string of the molecule is CC(C)=CCCC(C)(O)C1=C(c2cccc(O)c2)C(=O)CCC1. The number of aromatic hydroxyl groups is 1. The lowest BCUT2D eigenvalue weighted by Crippen LogP contribution is -2.31. The van der Waals surface area contributed by atoms with Crippen LogP contribution in [-0.4, -0.2) is 21.6 Å². The lowest BCUT2D eigenvalue weighted by atomic mass is 9.77. The minimum Gasteiger partial charge on any atom is -0.508 e. The second-order valence-corrected chi connectivity index (χ2v) is 6.77. The number of rotatable bonds is 5. The number of ketones is 1. The Bertz CT molecular complexity index is 647.